The number of halogens is 3. The van der Waals surface area contributed by atoms with Crippen LogP contribution in [0.25, 0.3) is 22.1 Å². The minimum absolute atomic E-state index is 0.0669. The number of rotatable bonds is 11. The first-order chi connectivity index (χ1) is 23.4. The maximum atomic E-state index is 13.4. The summed E-state index contributed by atoms with van der Waals surface area (Å²) in [7, 11) is 3.97. The Labute approximate surface area is 279 Å². The third-order valence-electron chi connectivity index (χ3n) is 9.41. The second kappa shape index (κ2) is 13.8. The Morgan fingerprint density at radius 1 is 1.22 bits per heavy atom. The Hall–Kier alpha value is -4.48. The molecule has 3 aromatic heterocycles. The maximum Gasteiger partial charge on any atom is 0.490 e. The molecule has 4 aromatic rings. The lowest BCUT2D eigenvalue weighted by Gasteiger charge is -2.25. The highest BCUT2D eigenvalue weighted by Crippen LogP contribution is 2.38. The molecule has 0 unspecified atom stereocenters. The summed E-state index contributed by atoms with van der Waals surface area (Å²) < 4.78 is 46.4. The van der Waals surface area contributed by atoms with Crippen LogP contribution in [0.4, 0.5) is 24.9 Å². The minimum Gasteiger partial charge on any atom is -0.451 e. The van der Waals surface area contributed by atoms with Gasteiger partial charge < -0.3 is 44.9 Å². The summed E-state index contributed by atoms with van der Waals surface area (Å²) >= 11 is 0. The lowest BCUT2D eigenvalue weighted by atomic mass is 10.1. The third kappa shape index (κ3) is 7.00. The zero-order valence-electron chi connectivity index (χ0n) is 27.3. The van der Waals surface area contributed by atoms with Crippen LogP contribution >= 0.6 is 0 Å². The topological polar surface area (TPSA) is 174 Å². The molecule has 0 spiro atoms. The van der Waals surface area contributed by atoms with Crippen molar-refractivity contribution in [2.75, 3.05) is 44.0 Å². The normalized spacial score (nSPS) is 23.4. The highest BCUT2D eigenvalue weighted by molar-refractivity contribution is 5.86. The first-order valence-corrected chi connectivity index (χ1v) is 16.2. The van der Waals surface area contributed by atoms with E-state index in [0.29, 0.717) is 31.3 Å². The Morgan fingerprint density at radius 2 is 2.00 bits per heavy atom. The Balaban J connectivity index is 1.40. The van der Waals surface area contributed by atoms with Crippen molar-refractivity contribution in [1.29, 1.82) is 0 Å². The predicted octanol–water partition coefficient (Wildman–Crippen LogP) is 2.14. The van der Waals surface area contributed by atoms with Gasteiger partial charge in [-0.3, -0.25) is 4.79 Å². The molecule has 264 valence electrons. The number of likely N-dealkylation sites (N-methyl/N-ethyl adjacent to an activating group) is 1. The summed E-state index contributed by atoms with van der Waals surface area (Å²) in [5.41, 5.74) is 2.41. The number of hydrogen-bond acceptors (Lipinski definition) is 11. The van der Waals surface area contributed by atoms with Crippen molar-refractivity contribution < 1.29 is 37.7 Å². The number of fused-ring (bicyclic) bond motifs is 2. The van der Waals surface area contributed by atoms with Crippen LogP contribution in [-0.2, 0) is 20.7 Å². The van der Waals surface area contributed by atoms with Crippen molar-refractivity contribution in [3.05, 3.63) is 42.4 Å². The number of ether oxygens (including phenoxy) is 1. The summed E-state index contributed by atoms with van der Waals surface area (Å²) in [4.78, 5) is 45.8. The smallest absolute Gasteiger partial charge is 0.451 e. The molecule has 6 rings (SSSR count). The number of alkyl halides is 3. The number of nitrogens with zero attached hydrogens (tertiary/aromatic N) is 6. The number of hydrogen-bond donors (Lipinski definition) is 5. The molecule has 1 aromatic carbocycles. The lowest BCUT2D eigenvalue weighted by molar-refractivity contribution is -0.209. The van der Waals surface area contributed by atoms with Gasteiger partial charge in [0.15, 0.2) is 23.1 Å². The van der Waals surface area contributed by atoms with Crippen LogP contribution in [0.2, 0.25) is 0 Å². The number of nitrogens with one attached hydrogen (secondary N) is 3. The largest absolute Gasteiger partial charge is 0.490 e. The van der Waals surface area contributed by atoms with E-state index >= 15 is 0 Å². The third-order valence-corrected chi connectivity index (χ3v) is 9.41. The second-order valence-electron chi connectivity index (χ2n) is 12.8. The molecular weight excluding hydrogens is 647 g/mol. The number of imidazole rings is 1. The molecule has 6 atom stereocenters. The van der Waals surface area contributed by atoms with Crippen LogP contribution in [0.15, 0.2) is 36.8 Å². The fourth-order valence-corrected chi connectivity index (χ4v) is 6.71. The van der Waals surface area contributed by atoms with Gasteiger partial charge in [0.25, 0.3) is 0 Å². The molecule has 5 N–H and O–H groups in total. The van der Waals surface area contributed by atoms with Crippen molar-refractivity contribution in [2.24, 2.45) is 0 Å². The summed E-state index contributed by atoms with van der Waals surface area (Å²) in [6, 6.07) is 5.45. The van der Waals surface area contributed by atoms with Gasteiger partial charge in [-0.2, -0.15) is 23.1 Å². The second-order valence-corrected chi connectivity index (χ2v) is 12.8. The fraction of sp³-hybridized carbons (Fsp3) is 0.531. The number of aromatic nitrogens is 5. The van der Waals surface area contributed by atoms with E-state index < -0.39 is 48.4 Å². The average Bonchev–Trinajstić information content (AvgIpc) is 3.87. The van der Waals surface area contributed by atoms with Gasteiger partial charge in [0.2, 0.25) is 11.9 Å². The number of benzene rings is 1. The molecule has 2 fully saturated rings. The molecular formula is C32H40F3N9O5. The number of carbonyl (C=O) groups is 2. The minimum atomic E-state index is -5.30. The van der Waals surface area contributed by atoms with E-state index in [1.807, 2.05) is 49.5 Å². The monoisotopic (exact) mass is 687 g/mol. The predicted molar refractivity (Wildman–Crippen MR) is 174 cm³/mol. The van der Waals surface area contributed by atoms with Crippen LogP contribution < -0.4 is 15.5 Å². The van der Waals surface area contributed by atoms with E-state index in [4.69, 9.17) is 14.7 Å². The Morgan fingerprint density at radius 3 is 2.69 bits per heavy atom. The Kier molecular flexibility index (Phi) is 9.68. The van der Waals surface area contributed by atoms with Crippen molar-refractivity contribution >= 4 is 45.7 Å². The number of esters is 1. The molecule has 17 heteroatoms. The SMILES string of the molecule is CCC(=O)N[C@H]1C[C@@H](n2cnc3c(N[C@H](CO)Cc4c[nH]c5ccccc45)nc(N4CC[C@@H](N(C)C)C4)nc32)[C@H](OC(=O)C(F)(F)F)[C@@H]1O. The van der Waals surface area contributed by atoms with E-state index in [1.165, 1.54) is 10.9 Å². The molecule has 2 aliphatic rings. The van der Waals surface area contributed by atoms with Gasteiger partial charge in [-0.1, -0.05) is 25.1 Å². The number of anilines is 2. The molecule has 14 nitrogen and oxygen atoms in total. The standard InChI is InChI=1S/C32H40F3N9O5/c1-4-24(46)39-22-12-23(27(26(22)47)49-30(48)32(33,34)35)44-16-37-25-28(40-31(41-29(25)44)43-10-9-19(14-43)42(2)3)38-18(15-45)11-17-13-36-21-8-6-5-7-20(17)21/h5-8,13,16,18-19,22-23,26-27,36,45,47H,4,9-12,14-15H2,1-3H3,(H,39,46)(H,38,40,41)/t18-,19+,22-,23+,26+,27-/m0/s1. The Bertz CT molecular complexity index is 1810. The maximum absolute atomic E-state index is 13.4. The number of aromatic amines is 1. The molecule has 0 radical (unpaired) electrons. The first kappa shape index (κ1) is 34.4. The lowest BCUT2D eigenvalue weighted by Crippen LogP contribution is -2.45. The highest BCUT2D eigenvalue weighted by atomic mass is 19.4. The van der Waals surface area contributed by atoms with Gasteiger partial charge in [0, 0.05) is 42.7 Å². The number of aliphatic hydroxyl groups is 2. The molecule has 49 heavy (non-hydrogen) atoms. The van der Waals surface area contributed by atoms with Gasteiger partial charge in [-0.15, -0.1) is 0 Å². The van der Waals surface area contributed by atoms with Crippen molar-refractivity contribution in [2.45, 2.75) is 75.2 Å². The van der Waals surface area contributed by atoms with E-state index in [-0.39, 0.29) is 36.7 Å². The molecule has 1 saturated carbocycles. The molecule has 4 heterocycles. The van der Waals surface area contributed by atoms with Crippen molar-refractivity contribution in [3.63, 3.8) is 0 Å². The van der Waals surface area contributed by atoms with Crippen LogP contribution in [0.1, 0.15) is 37.8 Å². The van der Waals surface area contributed by atoms with E-state index in [0.717, 1.165) is 22.9 Å². The molecule has 1 aliphatic carbocycles. The van der Waals surface area contributed by atoms with Gasteiger partial charge >= 0.3 is 12.1 Å². The summed E-state index contributed by atoms with van der Waals surface area (Å²) in [6.45, 7) is 2.60. The van der Waals surface area contributed by atoms with E-state index in [9.17, 15) is 33.0 Å². The van der Waals surface area contributed by atoms with Crippen LogP contribution in [-0.4, -0.2) is 122 Å². The van der Waals surface area contributed by atoms with Gasteiger partial charge in [-0.05, 0) is 45.0 Å². The van der Waals surface area contributed by atoms with E-state index in [2.05, 4.69) is 25.5 Å². The summed E-state index contributed by atoms with van der Waals surface area (Å²) in [5.74, 6) is -2.25. The number of para-hydroxylation sites is 1. The first-order valence-electron chi connectivity index (χ1n) is 16.2. The van der Waals surface area contributed by atoms with Crippen LogP contribution in [0.5, 0.6) is 0 Å². The van der Waals surface area contributed by atoms with Gasteiger partial charge in [0.1, 0.15) is 6.10 Å². The highest BCUT2D eigenvalue weighted by Gasteiger charge is 2.51. The molecule has 1 saturated heterocycles. The van der Waals surface area contributed by atoms with Gasteiger partial charge in [0.05, 0.1) is 31.1 Å². The van der Waals surface area contributed by atoms with Gasteiger partial charge in [-0.25, -0.2) is 9.78 Å². The number of aliphatic hydroxyl groups excluding tert-OH is 2. The average molecular weight is 688 g/mol. The summed E-state index contributed by atoms with van der Waals surface area (Å²) in [5, 5.41) is 28.5. The van der Waals surface area contributed by atoms with Crippen molar-refractivity contribution in [1.82, 2.24) is 34.7 Å². The van der Waals surface area contributed by atoms with Crippen LogP contribution in [0, 0.1) is 0 Å². The zero-order chi connectivity index (χ0) is 35.0. The zero-order valence-corrected chi connectivity index (χ0v) is 27.3. The van der Waals surface area contributed by atoms with Crippen LogP contribution in [0.3, 0.4) is 0 Å². The van der Waals surface area contributed by atoms with E-state index in [1.54, 1.807) is 6.92 Å². The quantitative estimate of drug-likeness (QED) is 0.146. The van der Waals surface area contributed by atoms with Crippen molar-refractivity contribution in [3.8, 4) is 0 Å². The molecule has 1 amide bonds. The number of H-pyrrole nitrogens is 1. The molecule has 0 bridgehead atoms. The summed E-state index contributed by atoms with van der Waals surface area (Å²) in [6.07, 6.45) is -4.10. The molecule has 1 aliphatic heterocycles. The number of amides is 1. The number of carbonyl (C=O) groups excluding carboxylic acids is 2. The fourth-order valence-electron chi connectivity index (χ4n) is 6.71.